The van der Waals surface area contributed by atoms with Crippen LogP contribution in [-0.4, -0.2) is 40.7 Å². The Labute approximate surface area is 152 Å². The van der Waals surface area contributed by atoms with Crippen LogP contribution in [0.4, 0.5) is 4.39 Å². The summed E-state index contributed by atoms with van der Waals surface area (Å²) in [6.45, 7) is 1.66. The number of hydrogen-bond donors (Lipinski definition) is 0. The molecule has 1 aliphatic heterocycles. The molecule has 0 bridgehead atoms. The van der Waals surface area contributed by atoms with Gasteiger partial charge in [-0.1, -0.05) is 42.5 Å². The van der Waals surface area contributed by atoms with Crippen molar-refractivity contribution in [2.75, 3.05) is 13.1 Å². The first-order valence-electron chi connectivity index (χ1n) is 9.11. The summed E-state index contributed by atoms with van der Waals surface area (Å²) in [6, 6.07) is 17.0. The zero-order valence-corrected chi connectivity index (χ0v) is 14.6. The average Bonchev–Trinajstić information content (AvgIpc) is 3.39. The van der Waals surface area contributed by atoms with Gasteiger partial charge in [0, 0.05) is 19.0 Å². The Kier molecular flexibility index (Phi) is 4.80. The van der Waals surface area contributed by atoms with Gasteiger partial charge in [0.15, 0.2) is 0 Å². The number of hydrazone groups is 1. The van der Waals surface area contributed by atoms with Crippen molar-refractivity contribution < 1.29 is 9.18 Å². The van der Waals surface area contributed by atoms with Gasteiger partial charge in [0.25, 0.3) is 5.91 Å². The summed E-state index contributed by atoms with van der Waals surface area (Å²) in [5.74, 6) is -0.201. The molecule has 1 fully saturated rings. The summed E-state index contributed by atoms with van der Waals surface area (Å²) in [6.07, 6.45) is 3.02. The van der Waals surface area contributed by atoms with Crippen LogP contribution in [0.15, 0.2) is 59.7 Å². The predicted molar refractivity (Wildman–Crippen MR) is 99.1 cm³/mol. The Balaban J connectivity index is 1.41. The van der Waals surface area contributed by atoms with E-state index in [1.165, 1.54) is 12.1 Å². The second-order valence-electron chi connectivity index (χ2n) is 6.94. The van der Waals surface area contributed by atoms with Gasteiger partial charge in [-0.25, -0.2) is 9.40 Å². The van der Waals surface area contributed by atoms with Crippen LogP contribution in [0.25, 0.3) is 0 Å². The molecule has 5 heteroatoms. The maximum atomic E-state index is 13.1. The van der Waals surface area contributed by atoms with E-state index in [0.29, 0.717) is 25.7 Å². The third-order valence-corrected chi connectivity index (χ3v) is 4.90. The molecule has 1 saturated carbocycles. The lowest BCUT2D eigenvalue weighted by Gasteiger charge is -2.23. The number of benzene rings is 2. The fraction of sp³-hybridized carbons (Fsp3) is 0.333. The molecular weight excluding hydrogens is 329 g/mol. The third-order valence-electron chi connectivity index (χ3n) is 4.90. The molecule has 1 heterocycles. The Hall–Kier alpha value is -2.53. The van der Waals surface area contributed by atoms with Gasteiger partial charge < -0.3 is 0 Å². The van der Waals surface area contributed by atoms with E-state index in [-0.39, 0.29) is 11.7 Å². The molecule has 4 nitrogen and oxygen atoms in total. The molecule has 1 amide bonds. The monoisotopic (exact) mass is 351 g/mol. The maximum absolute atomic E-state index is 13.1. The van der Waals surface area contributed by atoms with E-state index in [1.54, 1.807) is 17.1 Å². The van der Waals surface area contributed by atoms with E-state index >= 15 is 0 Å². The summed E-state index contributed by atoms with van der Waals surface area (Å²) >= 11 is 0. The van der Waals surface area contributed by atoms with Gasteiger partial charge in [-0.15, -0.1) is 0 Å². The van der Waals surface area contributed by atoms with E-state index < -0.39 is 0 Å². The molecule has 2 aromatic rings. The number of halogens is 1. The molecule has 1 aliphatic carbocycles. The molecule has 0 unspecified atom stereocenters. The Morgan fingerprint density at radius 3 is 2.54 bits per heavy atom. The summed E-state index contributed by atoms with van der Waals surface area (Å²) < 4.78 is 13.1. The average molecular weight is 351 g/mol. The minimum atomic E-state index is -0.234. The van der Waals surface area contributed by atoms with E-state index in [1.807, 2.05) is 30.3 Å². The molecule has 0 saturated heterocycles. The first kappa shape index (κ1) is 16.9. The molecule has 0 aromatic heterocycles. The van der Waals surface area contributed by atoms with E-state index in [4.69, 9.17) is 0 Å². The largest absolute Gasteiger partial charge is 0.287 e. The van der Waals surface area contributed by atoms with Crippen molar-refractivity contribution in [3.05, 3.63) is 71.5 Å². The van der Waals surface area contributed by atoms with Crippen LogP contribution in [0, 0.1) is 5.82 Å². The number of hydrogen-bond acceptors (Lipinski definition) is 3. The molecule has 4 rings (SSSR count). The van der Waals surface area contributed by atoms with Crippen molar-refractivity contribution in [2.45, 2.75) is 31.8 Å². The van der Waals surface area contributed by atoms with Crippen LogP contribution in [-0.2, 0) is 11.3 Å². The van der Waals surface area contributed by atoms with E-state index in [9.17, 15) is 9.18 Å². The summed E-state index contributed by atoms with van der Waals surface area (Å²) in [4.78, 5) is 14.9. The number of carbonyl (C=O) groups is 1. The molecule has 0 N–H and O–H groups in total. The van der Waals surface area contributed by atoms with Crippen molar-refractivity contribution in [1.82, 2.24) is 9.91 Å². The fourth-order valence-electron chi connectivity index (χ4n) is 3.30. The van der Waals surface area contributed by atoms with Gasteiger partial charge in [0.05, 0.1) is 18.8 Å². The van der Waals surface area contributed by atoms with Crippen molar-refractivity contribution >= 4 is 11.6 Å². The molecule has 0 spiro atoms. The van der Waals surface area contributed by atoms with Crippen LogP contribution in [0.5, 0.6) is 0 Å². The Morgan fingerprint density at radius 2 is 1.85 bits per heavy atom. The SMILES string of the molecule is O=C(CN(Cc1ccc(F)cc1)C1CC1)N1CCC(c2ccccc2)=N1. The Morgan fingerprint density at radius 1 is 1.12 bits per heavy atom. The molecule has 0 atom stereocenters. The van der Waals surface area contributed by atoms with Crippen molar-refractivity contribution in [1.29, 1.82) is 0 Å². The Bertz CT molecular complexity index is 800. The highest BCUT2D eigenvalue weighted by molar-refractivity contribution is 6.02. The van der Waals surface area contributed by atoms with E-state index in [2.05, 4.69) is 10.0 Å². The van der Waals surface area contributed by atoms with Gasteiger partial charge in [0.2, 0.25) is 0 Å². The second kappa shape index (κ2) is 7.38. The zero-order chi connectivity index (χ0) is 17.9. The first-order valence-corrected chi connectivity index (χ1v) is 9.11. The van der Waals surface area contributed by atoms with E-state index in [0.717, 1.165) is 36.1 Å². The van der Waals surface area contributed by atoms with Crippen molar-refractivity contribution in [3.63, 3.8) is 0 Å². The molecule has 2 aliphatic rings. The normalized spacial score (nSPS) is 16.8. The van der Waals surface area contributed by atoms with Crippen LogP contribution in [0.2, 0.25) is 0 Å². The number of nitrogens with zero attached hydrogens (tertiary/aromatic N) is 3. The summed E-state index contributed by atoms with van der Waals surface area (Å²) in [5, 5.41) is 6.13. The molecule has 2 aromatic carbocycles. The quantitative estimate of drug-likeness (QED) is 0.799. The van der Waals surface area contributed by atoms with Gasteiger partial charge in [0.1, 0.15) is 5.82 Å². The minimum Gasteiger partial charge on any atom is -0.287 e. The molecule has 134 valence electrons. The van der Waals surface area contributed by atoms with Crippen LogP contribution in [0.1, 0.15) is 30.4 Å². The number of rotatable bonds is 6. The lowest BCUT2D eigenvalue weighted by atomic mass is 10.1. The van der Waals surface area contributed by atoms with Gasteiger partial charge in [-0.05, 0) is 36.1 Å². The van der Waals surface area contributed by atoms with Gasteiger partial charge >= 0.3 is 0 Å². The molecular formula is C21H22FN3O. The highest BCUT2D eigenvalue weighted by atomic mass is 19.1. The summed E-state index contributed by atoms with van der Waals surface area (Å²) in [5.41, 5.74) is 3.07. The second-order valence-corrected chi connectivity index (χ2v) is 6.94. The van der Waals surface area contributed by atoms with Crippen LogP contribution >= 0.6 is 0 Å². The third kappa shape index (κ3) is 3.99. The van der Waals surface area contributed by atoms with Gasteiger partial charge in [-0.3, -0.25) is 9.69 Å². The maximum Gasteiger partial charge on any atom is 0.256 e. The lowest BCUT2D eigenvalue weighted by Crippen LogP contribution is -2.38. The van der Waals surface area contributed by atoms with Crippen molar-refractivity contribution in [3.8, 4) is 0 Å². The zero-order valence-electron chi connectivity index (χ0n) is 14.6. The first-order chi connectivity index (χ1) is 12.7. The topological polar surface area (TPSA) is 35.9 Å². The minimum absolute atomic E-state index is 0.0324. The molecule has 26 heavy (non-hydrogen) atoms. The van der Waals surface area contributed by atoms with Crippen LogP contribution < -0.4 is 0 Å². The number of carbonyl (C=O) groups excluding carboxylic acids is 1. The lowest BCUT2D eigenvalue weighted by molar-refractivity contribution is -0.132. The van der Waals surface area contributed by atoms with Crippen LogP contribution in [0.3, 0.4) is 0 Å². The van der Waals surface area contributed by atoms with Crippen molar-refractivity contribution in [2.24, 2.45) is 5.10 Å². The number of amides is 1. The standard InChI is InChI=1S/C21H22FN3O/c22-18-8-6-16(7-9-18)14-24(19-10-11-19)15-21(26)25-13-12-20(23-25)17-4-2-1-3-5-17/h1-9,19H,10-15H2. The fourth-order valence-corrected chi connectivity index (χ4v) is 3.30. The highest BCUT2D eigenvalue weighted by Crippen LogP contribution is 2.28. The molecule has 0 radical (unpaired) electrons. The predicted octanol–water partition coefficient (Wildman–Crippen LogP) is 3.43. The van der Waals surface area contributed by atoms with Gasteiger partial charge in [-0.2, -0.15) is 5.10 Å². The summed E-state index contributed by atoms with van der Waals surface area (Å²) in [7, 11) is 0. The highest BCUT2D eigenvalue weighted by Gasteiger charge is 2.32. The smallest absolute Gasteiger partial charge is 0.256 e.